The van der Waals surface area contributed by atoms with Crippen LogP contribution in [-0.2, 0) is 16.0 Å². The Morgan fingerprint density at radius 3 is 2.27 bits per heavy atom. The molecule has 1 aliphatic heterocycles. The number of rotatable bonds is 7. The third-order valence-corrected chi connectivity index (χ3v) is 6.85. The average molecular weight is 507 g/mol. The smallest absolute Gasteiger partial charge is 0.326 e. The second-order valence-electron chi connectivity index (χ2n) is 10.5. The number of H-pyrrole nitrogens is 1. The minimum absolute atomic E-state index is 0.0274. The van der Waals surface area contributed by atoms with Crippen molar-refractivity contribution in [3.05, 3.63) is 70.6 Å². The Morgan fingerprint density at radius 2 is 1.62 bits per heavy atom. The van der Waals surface area contributed by atoms with E-state index in [-0.39, 0.29) is 23.5 Å². The topological polar surface area (TPSA) is 87.2 Å². The lowest BCUT2D eigenvalue weighted by Crippen LogP contribution is -2.53. The van der Waals surface area contributed by atoms with Crippen LogP contribution in [0.2, 0.25) is 0 Å². The highest BCUT2D eigenvalue weighted by Gasteiger charge is 2.32. The number of hydrogen-bond donors (Lipinski definition) is 2. The van der Waals surface area contributed by atoms with Gasteiger partial charge in [-0.3, -0.25) is 14.2 Å². The number of nitrogens with one attached hydrogen (secondary N) is 2. The fourth-order valence-corrected chi connectivity index (χ4v) is 4.79. The molecule has 0 radical (unpaired) electrons. The Hall–Kier alpha value is -3.35. The molecule has 2 heterocycles. The van der Waals surface area contributed by atoms with Crippen molar-refractivity contribution in [1.82, 2.24) is 19.8 Å². The third kappa shape index (κ3) is 7.12. The van der Waals surface area contributed by atoms with Gasteiger partial charge in [-0.25, -0.2) is 4.79 Å². The number of imidazole rings is 1. The van der Waals surface area contributed by atoms with E-state index < -0.39 is 11.5 Å². The molecular formula is C30H42N4O3. The van der Waals surface area contributed by atoms with E-state index in [1.807, 2.05) is 86.6 Å². The fraction of sp³-hybridized carbons (Fsp3) is 0.500. The van der Waals surface area contributed by atoms with Crippen molar-refractivity contribution in [1.29, 1.82) is 0 Å². The highest BCUT2D eigenvalue weighted by Crippen LogP contribution is 2.26. The van der Waals surface area contributed by atoms with Gasteiger partial charge in [0.25, 0.3) is 0 Å². The highest BCUT2D eigenvalue weighted by molar-refractivity contribution is 5.89. The van der Waals surface area contributed by atoms with Gasteiger partial charge in [0.1, 0.15) is 6.04 Å². The molecule has 1 aromatic heterocycles. The van der Waals surface area contributed by atoms with Crippen LogP contribution >= 0.6 is 0 Å². The summed E-state index contributed by atoms with van der Waals surface area (Å²) in [5, 5.41) is 3.02. The van der Waals surface area contributed by atoms with Gasteiger partial charge < -0.3 is 15.2 Å². The van der Waals surface area contributed by atoms with Gasteiger partial charge in [0.2, 0.25) is 11.8 Å². The van der Waals surface area contributed by atoms with Crippen molar-refractivity contribution < 1.29 is 9.59 Å². The molecule has 3 aromatic rings. The number of aromatic amines is 1. The van der Waals surface area contributed by atoms with E-state index in [1.54, 1.807) is 0 Å². The number of amides is 2. The molecule has 0 spiro atoms. The summed E-state index contributed by atoms with van der Waals surface area (Å²) in [5.74, 6) is -0.142. The molecule has 37 heavy (non-hydrogen) atoms. The van der Waals surface area contributed by atoms with Gasteiger partial charge in [0.05, 0.1) is 11.0 Å². The van der Waals surface area contributed by atoms with Crippen molar-refractivity contribution in [2.45, 2.75) is 78.8 Å². The first kappa shape index (κ1) is 28.2. The first-order chi connectivity index (χ1) is 17.7. The van der Waals surface area contributed by atoms with Crippen LogP contribution in [0.15, 0.2) is 59.4 Å². The summed E-state index contributed by atoms with van der Waals surface area (Å²) >= 11 is 0. The van der Waals surface area contributed by atoms with Gasteiger partial charge in [-0.05, 0) is 49.8 Å². The van der Waals surface area contributed by atoms with Crippen LogP contribution in [0.4, 0.5) is 0 Å². The minimum atomic E-state index is -0.568. The lowest BCUT2D eigenvalue weighted by Gasteiger charge is -2.35. The largest absolute Gasteiger partial charge is 0.344 e. The summed E-state index contributed by atoms with van der Waals surface area (Å²) < 4.78 is 1.83. The lowest BCUT2D eigenvalue weighted by molar-refractivity contribution is -0.139. The van der Waals surface area contributed by atoms with Crippen LogP contribution in [0.3, 0.4) is 0 Å². The van der Waals surface area contributed by atoms with E-state index in [9.17, 15) is 14.4 Å². The Kier molecular flexibility index (Phi) is 9.73. The number of piperidine rings is 1. The van der Waals surface area contributed by atoms with E-state index in [2.05, 4.69) is 22.4 Å². The summed E-state index contributed by atoms with van der Waals surface area (Å²) in [6.07, 6.45) is 3.68. The number of aryl methyl sites for hydroxylation is 1. The molecule has 7 nitrogen and oxygen atoms in total. The van der Waals surface area contributed by atoms with Gasteiger partial charge in [0, 0.05) is 24.5 Å². The van der Waals surface area contributed by atoms with Gasteiger partial charge in [-0.1, -0.05) is 77.1 Å². The van der Waals surface area contributed by atoms with E-state index >= 15 is 0 Å². The SMILES string of the molecule is CC.CC(C)(C)C(=O)N[C@H](CCCc1ccccc1)C(=O)N1CCC(n2c(=O)[nH]c3ccccc32)CC1. The number of fused-ring (bicyclic) bond motifs is 1. The van der Waals surface area contributed by atoms with Crippen molar-refractivity contribution in [3.8, 4) is 0 Å². The monoisotopic (exact) mass is 506 g/mol. The number of carbonyl (C=O) groups is 2. The van der Waals surface area contributed by atoms with Crippen molar-refractivity contribution >= 4 is 22.8 Å². The number of carbonyl (C=O) groups excluding carboxylic acids is 2. The molecule has 1 saturated heterocycles. The molecule has 1 aliphatic rings. The molecule has 2 amide bonds. The summed E-state index contributed by atoms with van der Waals surface area (Å²) in [6.45, 7) is 10.7. The molecule has 0 unspecified atom stereocenters. The molecule has 2 N–H and O–H groups in total. The maximum Gasteiger partial charge on any atom is 0.326 e. The van der Waals surface area contributed by atoms with Gasteiger partial charge in [0.15, 0.2) is 0 Å². The highest BCUT2D eigenvalue weighted by atomic mass is 16.2. The first-order valence-corrected chi connectivity index (χ1v) is 13.6. The standard InChI is InChI=1S/C28H36N4O3.C2H6/c1-28(2,3)26(34)29-23(14-9-12-20-10-5-4-6-11-20)25(33)31-18-16-21(17-19-31)32-24-15-8-7-13-22(24)30-27(32)35;1-2/h4-8,10-11,13,15,21,23H,9,12,14,16-19H2,1-3H3,(H,29,34)(H,30,35);1-2H3/t23-;/m1./s1. The molecule has 200 valence electrons. The van der Waals surface area contributed by atoms with Crippen molar-refractivity contribution in [2.24, 2.45) is 5.41 Å². The summed E-state index contributed by atoms with van der Waals surface area (Å²) in [6, 6.07) is 17.4. The Labute approximate surface area is 220 Å². The zero-order valence-electron chi connectivity index (χ0n) is 22.9. The summed E-state index contributed by atoms with van der Waals surface area (Å²) in [7, 11) is 0. The van der Waals surface area contributed by atoms with E-state index in [1.165, 1.54) is 5.56 Å². The molecule has 0 aliphatic carbocycles. The zero-order chi connectivity index (χ0) is 27.0. The Balaban J connectivity index is 0.00000186. The van der Waals surface area contributed by atoms with Crippen LogP contribution in [0.5, 0.6) is 0 Å². The molecule has 7 heteroatoms. The lowest BCUT2D eigenvalue weighted by atomic mass is 9.94. The summed E-state index contributed by atoms with van der Waals surface area (Å²) in [5.41, 5.74) is 2.29. The predicted molar refractivity (Wildman–Crippen MR) is 150 cm³/mol. The molecule has 1 fully saturated rings. The molecule has 0 saturated carbocycles. The van der Waals surface area contributed by atoms with E-state index in [0.29, 0.717) is 32.4 Å². The van der Waals surface area contributed by atoms with Gasteiger partial charge in [-0.15, -0.1) is 0 Å². The fourth-order valence-electron chi connectivity index (χ4n) is 4.79. The third-order valence-electron chi connectivity index (χ3n) is 6.85. The molecule has 0 bridgehead atoms. The molecule has 2 aromatic carbocycles. The predicted octanol–water partition coefficient (Wildman–Crippen LogP) is 5.07. The average Bonchev–Trinajstić information content (AvgIpc) is 3.24. The first-order valence-electron chi connectivity index (χ1n) is 13.6. The molecule has 4 rings (SSSR count). The van der Waals surface area contributed by atoms with Gasteiger partial charge in [-0.2, -0.15) is 0 Å². The molecular weight excluding hydrogens is 464 g/mol. The maximum absolute atomic E-state index is 13.5. The van der Waals surface area contributed by atoms with Crippen LogP contribution in [0, 0.1) is 5.41 Å². The number of para-hydroxylation sites is 2. The Bertz CT molecular complexity index is 1210. The quantitative estimate of drug-likeness (QED) is 0.469. The normalized spacial score (nSPS) is 15.1. The maximum atomic E-state index is 13.5. The summed E-state index contributed by atoms with van der Waals surface area (Å²) in [4.78, 5) is 43.6. The zero-order valence-corrected chi connectivity index (χ0v) is 22.9. The van der Waals surface area contributed by atoms with Crippen LogP contribution in [-0.4, -0.2) is 45.4 Å². The number of likely N-dealkylation sites (tertiary alicyclic amines) is 1. The molecule has 1 atom stereocenters. The minimum Gasteiger partial charge on any atom is -0.344 e. The van der Waals surface area contributed by atoms with Crippen molar-refractivity contribution in [2.75, 3.05) is 13.1 Å². The van der Waals surface area contributed by atoms with Crippen LogP contribution in [0.25, 0.3) is 11.0 Å². The van der Waals surface area contributed by atoms with E-state index in [0.717, 1.165) is 23.9 Å². The second kappa shape index (κ2) is 12.7. The van der Waals surface area contributed by atoms with Crippen LogP contribution in [0.1, 0.15) is 71.9 Å². The Morgan fingerprint density at radius 1 is 1.00 bits per heavy atom. The second-order valence-corrected chi connectivity index (χ2v) is 10.5. The number of hydrogen-bond acceptors (Lipinski definition) is 3. The number of benzene rings is 2. The van der Waals surface area contributed by atoms with E-state index in [4.69, 9.17) is 0 Å². The number of aromatic nitrogens is 2. The van der Waals surface area contributed by atoms with Gasteiger partial charge >= 0.3 is 5.69 Å². The number of nitrogens with zero attached hydrogens (tertiary/aromatic N) is 2. The van der Waals surface area contributed by atoms with Crippen LogP contribution < -0.4 is 11.0 Å². The van der Waals surface area contributed by atoms with Crippen molar-refractivity contribution in [3.63, 3.8) is 0 Å².